The van der Waals surface area contributed by atoms with Crippen LogP contribution in [0, 0.1) is 49.4 Å². The smallest absolute Gasteiger partial charge is 0.244 e. The first-order chi connectivity index (χ1) is 12.9. The van der Waals surface area contributed by atoms with Gasteiger partial charge in [-0.05, 0) is 67.2 Å². The lowest BCUT2D eigenvalue weighted by Gasteiger charge is -2.37. The van der Waals surface area contributed by atoms with Crippen molar-refractivity contribution in [3.8, 4) is 0 Å². The van der Waals surface area contributed by atoms with Crippen LogP contribution in [0.5, 0.6) is 0 Å². The second kappa shape index (κ2) is 5.77. The number of nitrogens with zero attached hydrogens (tertiary/aromatic N) is 1. The third-order valence-electron chi connectivity index (χ3n) is 7.05. The fourth-order valence-corrected chi connectivity index (χ4v) is 5.86. The number of hydrogen-bond acceptors (Lipinski definition) is 3. The van der Waals surface area contributed by atoms with Gasteiger partial charge in [-0.25, -0.2) is 0 Å². The first-order valence-electron chi connectivity index (χ1n) is 9.47. The molecule has 3 fully saturated rings. The summed E-state index contributed by atoms with van der Waals surface area (Å²) < 4.78 is 0.980. The van der Waals surface area contributed by atoms with Gasteiger partial charge >= 0.3 is 0 Å². The molecule has 2 bridgehead atoms. The van der Waals surface area contributed by atoms with E-state index < -0.39 is 0 Å². The summed E-state index contributed by atoms with van der Waals surface area (Å²) in [6.45, 7) is 3.71. The molecule has 27 heavy (non-hydrogen) atoms. The van der Waals surface area contributed by atoms with Crippen molar-refractivity contribution in [1.82, 2.24) is 4.90 Å². The minimum absolute atomic E-state index is 0.159. The Kier molecular flexibility index (Phi) is 3.67. The van der Waals surface area contributed by atoms with E-state index in [0.717, 1.165) is 22.0 Å². The van der Waals surface area contributed by atoms with E-state index >= 15 is 0 Å². The highest BCUT2D eigenvalue weighted by molar-refractivity contribution is 9.10. The fourth-order valence-electron chi connectivity index (χ4n) is 5.43. The van der Waals surface area contributed by atoms with Gasteiger partial charge in [0.1, 0.15) is 6.54 Å². The van der Waals surface area contributed by atoms with E-state index in [1.165, 1.54) is 4.90 Å². The van der Waals surface area contributed by atoms with Gasteiger partial charge in [-0.3, -0.25) is 19.3 Å². The zero-order chi connectivity index (χ0) is 19.0. The molecule has 1 N–H and O–H groups in total. The summed E-state index contributed by atoms with van der Waals surface area (Å²) in [5, 5.41) is 2.86. The predicted molar refractivity (Wildman–Crippen MR) is 104 cm³/mol. The summed E-state index contributed by atoms with van der Waals surface area (Å²) in [6, 6.07) is 3.71. The van der Waals surface area contributed by atoms with Crippen LogP contribution >= 0.6 is 15.9 Å². The molecule has 1 aromatic rings. The Labute approximate surface area is 166 Å². The van der Waals surface area contributed by atoms with E-state index in [2.05, 4.69) is 33.4 Å². The van der Waals surface area contributed by atoms with Gasteiger partial charge < -0.3 is 5.32 Å². The van der Waals surface area contributed by atoms with Crippen LogP contribution in [0.4, 0.5) is 5.69 Å². The lowest BCUT2D eigenvalue weighted by Crippen LogP contribution is -2.40. The summed E-state index contributed by atoms with van der Waals surface area (Å²) in [5.74, 6) is 0.367. The summed E-state index contributed by atoms with van der Waals surface area (Å²) in [5.41, 5.74) is 2.72. The number of amides is 3. The van der Waals surface area contributed by atoms with Gasteiger partial charge in [-0.2, -0.15) is 0 Å². The third-order valence-corrected chi connectivity index (χ3v) is 7.91. The molecule has 3 amide bonds. The van der Waals surface area contributed by atoms with E-state index in [1.807, 2.05) is 26.0 Å². The molecule has 1 saturated heterocycles. The van der Waals surface area contributed by atoms with Crippen LogP contribution in [0.25, 0.3) is 0 Å². The summed E-state index contributed by atoms with van der Waals surface area (Å²) >= 11 is 3.48. The van der Waals surface area contributed by atoms with Crippen molar-refractivity contribution in [1.29, 1.82) is 0 Å². The molecule has 1 aromatic carbocycles. The van der Waals surface area contributed by atoms with Crippen molar-refractivity contribution in [3.63, 3.8) is 0 Å². The summed E-state index contributed by atoms with van der Waals surface area (Å²) in [4.78, 5) is 39.7. The average molecular weight is 429 g/mol. The largest absolute Gasteiger partial charge is 0.324 e. The van der Waals surface area contributed by atoms with Crippen LogP contribution in [0.3, 0.4) is 0 Å². The van der Waals surface area contributed by atoms with Crippen LogP contribution in [0.1, 0.15) is 17.5 Å². The molecular formula is C21H21BrN2O3. The minimum Gasteiger partial charge on any atom is -0.324 e. The molecule has 4 aliphatic carbocycles. The molecule has 0 radical (unpaired) electrons. The third kappa shape index (κ3) is 2.38. The van der Waals surface area contributed by atoms with Gasteiger partial charge in [-0.15, -0.1) is 0 Å². The summed E-state index contributed by atoms with van der Waals surface area (Å²) in [6.07, 6.45) is 5.42. The van der Waals surface area contributed by atoms with E-state index in [0.29, 0.717) is 17.5 Å². The topological polar surface area (TPSA) is 66.5 Å². The van der Waals surface area contributed by atoms with E-state index in [4.69, 9.17) is 0 Å². The SMILES string of the molecule is Cc1c(Br)ccc(NC(=O)CN2C(=O)[C@@H]3[C@H]4C=C[C@@H]([C@@H]5C[C@@H]45)[C@@H]3C2=O)c1C. The van der Waals surface area contributed by atoms with Gasteiger partial charge in [0.15, 0.2) is 0 Å². The highest BCUT2D eigenvalue weighted by Gasteiger charge is 2.67. The van der Waals surface area contributed by atoms with Gasteiger partial charge in [0.05, 0.1) is 11.8 Å². The second-order valence-electron chi connectivity index (χ2n) is 8.31. The maximum Gasteiger partial charge on any atom is 0.244 e. The van der Waals surface area contributed by atoms with Crippen LogP contribution in [0.15, 0.2) is 28.8 Å². The van der Waals surface area contributed by atoms with Crippen LogP contribution in [-0.2, 0) is 14.4 Å². The lowest BCUT2D eigenvalue weighted by molar-refractivity contribution is -0.142. The first-order valence-corrected chi connectivity index (χ1v) is 10.3. The van der Waals surface area contributed by atoms with Crippen molar-refractivity contribution in [2.75, 3.05) is 11.9 Å². The van der Waals surface area contributed by atoms with Gasteiger partial charge in [0, 0.05) is 10.2 Å². The molecule has 2 saturated carbocycles. The number of rotatable bonds is 3. The highest BCUT2D eigenvalue weighted by atomic mass is 79.9. The van der Waals surface area contributed by atoms with Crippen LogP contribution in [0.2, 0.25) is 0 Å². The molecule has 0 unspecified atom stereocenters. The molecule has 6 atom stereocenters. The maximum atomic E-state index is 12.9. The second-order valence-corrected chi connectivity index (χ2v) is 9.16. The number of allylic oxidation sites excluding steroid dienone is 2. The number of carbonyl (C=O) groups excluding carboxylic acids is 3. The molecule has 6 heteroatoms. The normalized spacial score (nSPS) is 35.3. The van der Waals surface area contributed by atoms with Gasteiger partial charge in [0.25, 0.3) is 0 Å². The molecular weight excluding hydrogens is 408 g/mol. The maximum absolute atomic E-state index is 12.9. The first kappa shape index (κ1) is 17.2. The molecule has 0 aromatic heterocycles. The highest BCUT2D eigenvalue weighted by Crippen LogP contribution is 2.65. The van der Waals surface area contributed by atoms with Crippen molar-refractivity contribution in [3.05, 3.63) is 39.9 Å². The van der Waals surface area contributed by atoms with Crippen molar-refractivity contribution in [2.24, 2.45) is 35.5 Å². The van der Waals surface area contributed by atoms with Crippen molar-refractivity contribution < 1.29 is 14.4 Å². The Balaban J connectivity index is 1.33. The molecule has 5 nitrogen and oxygen atoms in total. The monoisotopic (exact) mass is 428 g/mol. The number of likely N-dealkylation sites (tertiary alicyclic amines) is 1. The number of nitrogens with one attached hydrogen (secondary N) is 1. The molecule has 0 spiro atoms. The Morgan fingerprint density at radius 3 is 2.26 bits per heavy atom. The number of benzene rings is 1. The van der Waals surface area contributed by atoms with E-state index in [-0.39, 0.29) is 47.9 Å². The minimum atomic E-state index is -0.328. The number of carbonyl (C=O) groups is 3. The quantitative estimate of drug-likeness (QED) is 0.594. The van der Waals surface area contributed by atoms with Crippen LogP contribution < -0.4 is 5.32 Å². The number of hydrogen-bond donors (Lipinski definition) is 1. The number of halogens is 1. The van der Waals surface area contributed by atoms with Gasteiger partial charge in [-0.1, -0.05) is 28.1 Å². The molecule has 1 heterocycles. The Morgan fingerprint density at radius 1 is 1.07 bits per heavy atom. The standard InChI is InChI=1S/C21H21BrN2O3/c1-9-10(2)16(6-5-15(9)22)23-17(25)8-24-20(26)18-11-3-4-12(14-7-13(11)14)19(18)21(24)27/h3-6,11-14,18-19H,7-8H2,1-2H3,(H,23,25)/t11-,12-,13-,14-,18-,19+/m0/s1. The Hall–Kier alpha value is -1.95. The van der Waals surface area contributed by atoms with Crippen LogP contribution in [-0.4, -0.2) is 29.2 Å². The number of anilines is 1. The zero-order valence-electron chi connectivity index (χ0n) is 15.2. The Morgan fingerprint density at radius 2 is 1.67 bits per heavy atom. The number of imide groups is 1. The molecule has 140 valence electrons. The van der Waals surface area contributed by atoms with Gasteiger partial charge in [0.2, 0.25) is 17.7 Å². The van der Waals surface area contributed by atoms with Crippen molar-refractivity contribution in [2.45, 2.75) is 20.3 Å². The average Bonchev–Trinajstić information content (AvgIpc) is 3.43. The predicted octanol–water partition coefficient (Wildman–Crippen LogP) is 3.06. The van der Waals surface area contributed by atoms with E-state index in [1.54, 1.807) is 0 Å². The lowest BCUT2D eigenvalue weighted by atomic mass is 9.63. The molecule has 1 aliphatic heterocycles. The molecule has 5 aliphatic rings. The van der Waals surface area contributed by atoms with E-state index in [9.17, 15) is 14.4 Å². The summed E-state index contributed by atoms with van der Waals surface area (Å²) in [7, 11) is 0. The van der Waals surface area contributed by atoms with Crippen molar-refractivity contribution >= 4 is 39.3 Å². The zero-order valence-corrected chi connectivity index (χ0v) is 16.8. The Bertz CT molecular complexity index is 888. The molecule has 6 rings (SSSR count). The fraction of sp³-hybridized carbons (Fsp3) is 0.476.